The Kier molecular flexibility index (Phi) is 3.71. The predicted molar refractivity (Wildman–Crippen MR) is 60.4 cm³/mol. The topological polar surface area (TPSA) is 69.9 Å². The third-order valence-electron chi connectivity index (χ3n) is 3.21. The number of hydrogen-bond donors (Lipinski definition) is 0. The van der Waals surface area contributed by atoms with Crippen LogP contribution in [-0.4, -0.2) is 32.8 Å². The Morgan fingerprint density at radius 3 is 3.06 bits per heavy atom. The standard InChI is InChI=1S/C11H18N4O2/c1-3-17-11(16)10-12-13-14-15(10)9-6-4-5-8(2)7-9/h8-9H,3-7H2,1-2H3. The molecule has 1 aliphatic carbocycles. The Balaban J connectivity index is 2.15. The van der Waals surface area contributed by atoms with Gasteiger partial charge in [-0.25, -0.2) is 9.48 Å². The fourth-order valence-electron chi connectivity index (χ4n) is 2.39. The van der Waals surface area contributed by atoms with Gasteiger partial charge in [0.05, 0.1) is 12.6 Å². The van der Waals surface area contributed by atoms with Crippen LogP contribution in [0, 0.1) is 5.92 Å². The first kappa shape index (κ1) is 12.0. The van der Waals surface area contributed by atoms with Gasteiger partial charge in [-0.1, -0.05) is 19.8 Å². The first-order valence-corrected chi connectivity index (χ1v) is 6.17. The first-order chi connectivity index (χ1) is 8.22. The van der Waals surface area contributed by atoms with Crippen LogP contribution in [0.5, 0.6) is 0 Å². The molecule has 0 radical (unpaired) electrons. The minimum atomic E-state index is -0.435. The van der Waals surface area contributed by atoms with Gasteiger partial charge in [-0.2, -0.15) is 0 Å². The molecule has 6 heteroatoms. The predicted octanol–water partition coefficient (Wildman–Crippen LogP) is 1.60. The van der Waals surface area contributed by atoms with Crippen LogP contribution in [0.3, 0.4) is 0 Å². The van der Waals surface area contributed by atoms with E-state index >= 15 is 0 Å². The van der Waals surface area contributed by atoms with E-state index in [1.54, 1.807) is 11.6 Å². The fraction of sp³-hybridized carbons (Fsp3) is 0.818. The van der Waals surface area contributed by atoms with E-state index in [1.165, 1.54) is 6.42 Å². The van der Waals surface area contributed by atoms with Crippen molar-refractivity contribution in [1.82, 2.24) is 20.2 Å². The molecule has 1 aliphatic rings. The highest BCUT2D eigenvalue weighted by Gasteiger charge is 2.26. The molecule has 6 nitrogen and oxygen atoms in total. The maximum Gasteiger partial charge on any atom is 0.378 e. The van der Waals surface area contributed by atoms with Crippen LogP contribution in [0.2, 0.25) is 0 Å². The van der Waals surface area contributed by atoms with Crippen molar-refractivity contribution in [3.63, 3.8) is 0 Å². The second-order valence-electron chi connectivity index (χ2n) is 4.59. The normalized spacial score (nSPS) is 24.6. The summed E-state index contributed by atoms with van der Waals surface area (Å²) in [5.74, 6) is 0.453. The Morgan fingerprint density at radius 1 is 1.53 bits per heavy atom. The average Bonchev–Trinajstić information content (AvgIpc) is 2.78. The summed E-state index contributed by atoms with van der Waals surface area (Å²) in [6.07, 6.45) is 4.46. The molecule has 1 aromatic heterocycles. The summed E-state index contributed by atoms with van der Waals surface area (Å²) in [4.78, 5) is 11.7. The molecule has 1 heterocycles. The number of tetrazole rings is 1. The second-order valence-corrected chi connectivity index (χ2v) is 4.59. The maximum atomic E-state index is 11.7. The highest BCUT2D eigenvalue weighted by atomic mass is 16.5. The van der Waals surface area contributed by atoms with Gasteiger partial charge in [-0.3, -0.25) is 0 Å². The van der Waals surface area contributed by atoms with Gasteiger partial charge in [0, 0.05) is 0 Å². The second kappa shape index (κ2) is 5.25. The summed E-state index contributed by atoms with van der Waals surface area (Å²) in [5.41, 5.74) is 0. The van der Waals surface area contributed by atoms with E-state index in [2.05, 4.69) is 22.4 Å². The Morgan fingerprint density at radius 2 is 2.35 bits per heavy atom. The smallest absolute Gasteiger partial charge is 0.378 e. The van der Waals surface area contributed by atoms with Gasteiger partial charge in [-0.05, 0) is 36.1 Å². The lowest BCUT2D eigenvalue weighted by molar-refractivity contribution is 0.0497. The van der Waals surface area contributed by atoms with Crippen molar-refractivity contribution in [2.75, 3.05) is 6.61 Å². The number of hydrogen-bond acceptors (Lipinski definition) is 5. The number of esters is 1. The zero-order valence-electron chi connectivity index (χ0n) is 10.3. The molecule has 2 unspecified atom stereocenters. The number of carbonyl (C=O) groups excluding carboxylic acids is 1. The van der Waals surface area contributed by atoms with Crippen LogP contribution in [0.25, 0.3) is 0 Å². The van der Waals surface area contributed by atoms with Crippen LogP contribution in [0.15, 0.2) is 0 Å². The lowest BCUT2D eigenvalue weighted by atomic mass is 9.87. The van der Waals surface area contributed by atoms with E-state index in [1.807, 2.05) is 0 Å². The van der Waals surface area contributed by atoms with E-state index in [-0.39, 0.29) is 11.9 Å². The summed E-state index contributed by atoms with van der Waals surface area (Å²) in [6.45, 7) is 4.34. The van der Waals surface area contributed by atoms with Crippen molar-refractivity contribution in [1.29, 1.82) is 0 Å². The van der Waals surface area contributed by atoms with E-state index in [0.717, 1.165) is 19.3 Å². The average molecular weight is 238 g/mol. The van der Waals surface area contributed by atoms with E-state index in [0.29, 0.717) is 12.5 Å². The molecule has 0 amide bonds. The Labute approximate surface area is 100 Å². The van der Waals surface area contributed by atoms with Crippen LogP contribution in [0.1, 0.15) is 56.2 Å². The zero-order valence-corrected chi connectivity index (χ0v) is 10.3. The van der Waals surface area contributed by atoms with E-state index in [9.17, 15) is 4.79 Å². The quantitative estimate of drug-likeness (QED) is 0.748. The van der Waals surface area contributed by atoms with Crippen molar-refractivity contribution in [3.05, 3.63) is 5.82 Å². The van der Waals surface area contributed by atoms with Gasteiger partial charge in [0.25, 0.3) is 5.82 Å². The summed E-state index contributed by atoms with van der Waals surface area (Å²) in [6, 6.07) is 0.230. The van der Waals surface area contributed by atoms with E-state index < -0.39 is 5.97 Å². The number of carbonyl (C=O) groups is 1. The monoisotopic (exact) mass is 238 g/mol. The highest BCUT2D eigenvalue weighted by Crippen LogP contribution is 2.31. The first-order valence-electron chi connectivity index (χ1n) is 6.17. The molecule has 0 N–H and O–H groups in total. The van der Waals surface area contributed by atoms with Crippen LogP contribution < -0.4 is 0 Å². The highest BCUT2D eigenvalue weighted by molar-refractivity contribution is 5.85. The molecule has 0 aromatic carbocycles. The fourth-order valence-corrected chi connectivity index (χ4v) is 2.39. The number of aromatic nitrogens is 4. The lowest BCUT2D eigenvalue weighted by Gasteiger charge is -2.26. The third kappa shape index (κ3) is 2.62. The zero-order chi connectivity index (χ0) is 12.3. The molecule has 94 valence electrons. The van der Waals surface area contributed by atoms with Crippen molar-refractivity contribution in [2.45, 2.75) is 45.6 Å². The molecular weight excluding hydrogens is 220 g/mol. The molecule has 2 atom stereocenters. The molecule has 1 aromatic rings. The van der Waals surface area contributed by atoms with Crippen molar-refractivity contribution in [3.8, 4) is 0 Å². The van der Waals surface area contributed by atoms with Crippen LogP contribution in [-0.2, 0) is 4.74 Å². The minimum Gasteiger partial charge on any atom is -0.460 e. The molecule has 17 heavy (non-hydrogen) atoms. The third-order valence-corrected chi connectivity index (χ3v) is 3.21. The summed E-state index contributed by atoms with van der Waals surface area (Å²) < 4.78 is 6.57. The summed E-state index contributed by atoms with van der Waals surface area (Å²) in [7, 11) is 0. The molecule has 0 bridgehead atoms. The maximum absolute atomic E-state index is 11.7. The molecule has 0 spiro atoms. The molecule has 0 saturated heterocycles. The molecule has 0 aliphatic heterocycles. The van der Waals surface area contributed by atoms with Gasteiger partial charge in [0.1, 0.15) is 0 Å². The minimum absolute atomic E-state index is 0.228. The van der Waals surface area contributed by atoms with Gasteiger partial charge >= 0.3 is 5.97 Å². The molecule has 1 saturated carbocycles. The van der Waals surface area contributed by atoms with Gasteiger partial charge < -0.3 is 4.74 Å². The summed E-state index contributed by atoms with van der Waals surface area (Å²) in [5, 5.41) is 11.3. The van der Waals surface area contributed by atoms with Crippen molar-refractivity contribution >= 4 is 5.97 Å². The lowest BCUT2D eigenvalue weighted by Crippen LogP contribution is -2.23. The SMILES string of the molecule is CCOC(=O)c1nnnn1C1CCCC(C)C1. The number of nitrogens with zero attached hydrogens (tertiary/aromatic N) is 4. The van der Waals surface area contributed by atoms with Gasteiger partial charge in [-0.15, -0.1) is 5.10 Å². The van der Waals surface area contributed by atoms with Gasteiger partial charge in [0.2, 0.25) is 0 Å². The number of rotatable bonds is 3. The number of ether oxygens (including phenoxy) is 1. The summed E-state index contributed by atoms with van der Waals surface area (Å²) >= 11 is 0. The molecule has 2 rings (SSSR count). The molecule has 1 fully saturated rings. The van der Waals surface area contributed by atoms with Gasteiger partial charge in [0.15, 0.2) is 0 Å². The molecular formula is C11H18N4O2. The van der Waals surface area contributed by atoms with Crippen molar-refractivity contribution < 1.29 is 9.53 Å². The van der Waals surface area contributed by atoms with E-state index in [4.69, 9.17) is 4.74 Å². The van der Waals surface area contributed by atoms with Crippen molar-refractivity contribution in [2.24, 2.45) is 5.92 Å². The van der Waals surface area contributed by atoms with Crippen LogP contribution >= 0.6 is 0 Å². The Hall–Kier alpha value is -1.46. The van der Waals surface area contributed by atoms with Crippen LogP contribution in [0.4, 0.5) is 0 Å². The largest absolute Gasteiger partial charge is 0.460 e. The Bertz CT molecular complexity index is 391.